The largest absolute Gasteiger partial charge is 0.495 e. The van der Waals surface area contributed by atoms with E-state index in [2.05, 4.69) is 17.3 Å². The predicted molar refractivity (Wildman–Crippen MR) is 80.2 cm³/mol. The van der Waals surface area contributed by atoms with Gasteiger partial charge < -0.3 is 20.7 Å². The molecule has 110 valence electrons. The number of rotatable bonds is 5. The number of methoxy groups -OCH3 is 1. The first-order valence-corrected chi connectivity index (χ1v) is 7.00. The van der Waals surface area contributed by atoms with Crippen molar-refractivity contribution in [3.63, 3.8) is 0 Å². The van der Waals surface area contributed by atoms with Crippen molar-refractivity contribution in [3.05, 3.63) is 23.8 Å². The molecule has 2 rings (SSSR count). The van der Waals surface area contributed by atoms with Crippen LogP contribution < -0.4 is 15.8 Å². The summed E-state index contributed by atoms with van der Waals surface area (Å²) in [5.74, 6) is 0.978. The van der Waals surface area contributed by atoms with Crippen molar-refractivity contribution >= 4 is 11.6 Å². The van der Waals surface area contributed by atoms with Crippen LogP contribution in [0.15, 0.2) is 18.2 Å². The number of nitrogens with zero attached hydrogens (tertiary/aromatic N) is 1. The molecule has 0 aromatic heterocycles. The summed E-state index contributed by atoms with van der Waals surface area (Å²) < 4.78 is 5.31. The van der Waals surface area contributed by atoms with Gasteiger partial charge in [-0.15, -0.1) is 0 Å². The van der Waals surface area contributed by atoms with Crippen molar-refractivity contribution in [2.45, 2.75) is 12.8 Å². The molecule has 0 unspecified atom stereocenters. The summed E-state index contributed by atoms with van der Waals surface area (Å²) in [6, 6.07) is 5.22. The molecule has 20 heavy (non-hydrogen) atoms. The van der Waals surface area contributed by atoms with Gasteiger partial charge in [0.05, 0.1) is 12.8 Å². The van der Waals surface area contributed by atoms with Crippen LogP contribution in [0.3, 0.4) is 0 Å². The van der Waals surface area contributed by atoms with Crippen LogP contribution in [-0.4, -0.2) is 44.6 Å². The van der Waals surface area contributed by atoms with Crippen LogP contribution in [0.25, 0.3) is 0 Å². The molecule has 0 bridgehead atoms. The number of hydrogen-bond acceptors (Lipinski definition) is 4. The van der Waals surface area contributed by atoms with Gasteiger partial charge in [0.2, 0.25) is 5.91 Å². The normalized spacial score (nSPS) is 16.9. The van der Waals surface area contributed by atoms with E-state index in [9.17, 15) is 4.79 Å². The minimum absolute atomic E-state index is 0.421. The monoisotopic (exact) mass is 277 g/mol. The number of primary amides is 1. The molecular weight excluding hydrogens is 254 g/mol. The Bertz CT molecular complexity index is 468. The smallest absolute Gasteiger partial charge is 0.248 e. The number of ether oxygens (including phenoxy) is 1. The van der Waals surface area contributed by atoms with E-state index in [-0.39, 0.29) is 0 Å². The molecule has 1 aliphatic heterocycles. The standard InChI is InChI=1S/C15H23N3O2/c1-18-7-5-11(6-8-18)10-17-13-9-12(15(16)19)3-4-14(13)20-2/h3-4,9,11,17H,5-8,10H2,1-2H3,(H2,16,19). The number of piperidine rings is 1. The predicted octanol–water partition coefficient (Wildman–Crippen LogP) is 1.55. The summed E-state index contributed by atoms with van der Waals surface area (Å²) in [7, 11) is 3.78. The van der Waals surface area contributed by atoms with E-state index >= 15 is 0 Å². The molecule has 5 heteroatoms. The number of benzene rings is 1. The summed E-state index contributed by atoms with van der Waals surface area (Å²) in [5, 5.41) is 3.39. The first-order chi connectivity index (χ1) is 9.60. The van der Waals surface area contributed by atoms with Gasteiger partial charge in [-0.2, -0.15) is 0 Å². The molecule has 0 spiro atoms. The minimum Gasteiger partial charge on any atom is -0.495 e. The van der Waals surface area contributed by atoms with Gasteiger partial charge in [0, 0.05) is 12.1 Å². The van der Waals surface area contributed by atoms with Crippen LogP contribution in [0, 0.1) is 5.92 Å². The van der Waals surface area contributed by atoms with Gasteiger partial charge in [-0.1, -0.05) is 0 Å². The van der Waals surface area contributed by atoms with E-state index in [1.807, 2.05) is 0 Å². The molecule has 0 aliphatic carbocycles. The fraction of sp³-hybridized carbons (Fsp3) is 0.533. The molecule has 1 aliphatic rings. The Morgan fingerprint density at radius 1 is 1.45 bits per heavy atom. The number of anilines is 1. The molecule has 1 aromatic rings. The Morgan fingerprint density at radius 3 is 2.75 bits per heavy atom. The zero-order valence-corrected chi connectivity index (χ0v) is 12.2. The Kier molecular flexibility index (Phi) is 4.84. The number of carbonyl (C=O) groups is 1. The van der Waals surface area contributed by atoms with Crippen molar-refractivity contribution < 1.29 is 9.53 Å². The lowest BCUT2D eigenvalue weighted by molar-refractivity contribution is 0.100. The highest BCUT2D eigenvalue weighted by Crippen LogP contribution is 2.26. The Balaban J connectivity index is 2.00. The highest BCUT2D eigenvalue weighted by atomic mass is 16.5. The second-order valence-electron chi connectivity index (χ2n) is 5.41. The summed E-state index contributed by atoms with van der Waals surface area (Å²) in [6.45, 7) is 3.18. The van der Waals surface area contributed by atoms with Crippen LogP contribution in [0.2, 0.25) is 0 Å². The first-order valence-electron chi connectivity index (χ1n) is 7.00. The lowest BCUT2D eigenvalue weighted by Gasteiger charge is -2.29. The van der Waals surface area contributed by atoms with Crippen molar-refractivity contribution in [3.8, 4) is 5.75 Å². The highest BCUT2D eigenvalue weighted by molar-refractivity contribution is 5.94. The van der Waals surface area contributed by atoms with Gasteiger partial charge in [0.15, 0.2) is 0 Å². The van der Waals surface area contributed by atoms with E-state index in [1.165, 1.54) is 12.8 Å². The second-order valence-corrected chi connectivity index (χ2v) is 5.41. The van der Waals surface area contributed by atoms with E-state index in [0.717, 1.165) is 31.1 Å². The quantitative estimate of drug-likeness (QED) is 0.857. The Morgan fingerprint density at radius 2 is 2.15 bits per heavy atom. The number of nitrogens with two attached hydrogens (primary N) is 1. The lowest BCUT2D eigenvalue weighted by Crippen LogP contribution is -2.33. The maximum atomic E-state index is 11.2. The van der Waals surface area contributed by atoms with Gasteiger partial charge in [0.25, 0.3) is 0 Å². The van der Waals surface area contributed by atoms with Crippen LogP contribution in [0.5, 0.6) is 5.75 Å². The maximum Gasteiger partial charge on any atom is 0.248 e. The van der Waals surface area contributed by atoms with Crippen LogP contribution in [-0.2, 0) is 0 Å². The summed E-state index contributed by atoms with van der Waals surface area (Å²) >= 11 is 0. The topological polar surface area (TPSA) is 67.6 Å². The van der Waals surface area contributed by atoms with Gasteiger partial charge in [-0.05, 0) is 57.1 Å². The molecule has 1 heterocycles. The molecule has 0 atom stereocenters. The van der Waals surface area contributed by atoms with Crippen LogP contribution in [0.4, 0.5) is 5.69 Å². The van der Waals surface area contributed by atoms with Crippen molar-refractivity contribution in [1.29, 1.82) is 0 Å². The fourth-order valence-electron chi connectivity index (χ4n) is 2.52. The number of hydrogen-bond donors (Lipinski definition) is 2. The van der Waals surface area contributed by atoms with Gasteiger partial charge in [-0.3, -0.25) is 4.79 Å². The molecule has 3 N–H and O–H groups in total. The SMILES string of the molecule is COc1ccc(C(N)=O)cc1NCC1CCN(C)CC1. The van der Waals surface area contributed by atoms with Gasteiger partial charge in [0.1, 0.15) is 5.75 Å². The number of nitrogens with one attached hydrogen (secondary N) is 1. The zero-order valence-electron chi connectivity index (χ0n) is 12.2. The van der Waals surface area contributed by atoms with E-state index in [0.29, 0.717) is 11.5 Å². The van der Waals surface area contributed by atoms with Crippen molar-refractivity contribution in [1.82, 2.24) is 4.90 Å². The third-order valence-electron chi connectivity index (χ3n) is 3.90. The summed E-state index contributed by atoms with van der Waals surface area (Å²) in [6.07, 6.45) is 2.39. The molecule has 5 nitrogen and oxygen atoms in total. The highest BCUT2D eigenvalue weighted by Gasteiger charge is 2.17. The average molecular weight is 277 g/mol. The van der Waals surface area contributed by atoms with Crippen molar-refractivity contribution in [2.75, 3.05) is 39.1 Å². The summed E-state index contributed by atoms with van der Waals surface area (Å²) in [5.41, 5.74) is 6.65. The average Bonchev–Trinajstić information content (AvgIpc) is 2.46. The molecule has 1 amide bonds. The first kappa shape index (κ1) is 14.7. The molecule has 1 fully saturated rings. The van der Waals surface area contributed by atoms with E-state index in [1.54, 1.807) is 25.3 Å². The number of carbonyl (C=O) groups excluding carboxylic acids is 1. The molecular formula is C15H23N3O2. The molecule has 1 saturated heterocycles. The maximum absolute atomic E-state index is 11.2. The van der Waals surface area contributed by atoms with Crippen molar-refractivity contribution in [2.24, 2.45) is 11.7 Å². The Labute approximate surface area is 120 Å². The van der Waals surface area contributed by atoms with E-state index in [4.69, 9.17) is 10.5 Å². The third-order valence-corrected chi connectivity index (χ3v) is 3.90. The van der Waals surface area contributed by atoms with Crippen LogP contribution in [0.1, 0.15) is 23.2 Å². The zero-order chi connectivity index (χ0) is 14.5. The van der Waals surface area contributed by atoms with Crippen LogP contribution >= 0.6 is 0 Å². The Hall–Kier alpha value is -1.75. The lowest BCUT2D eigenvalue weighted by atomic mass is 9.97. The molecule has 0 radical (unpaired) electrons. The third kappa shape index (κ3) is 3.63. The van der Waals surface area contributed by atoms with Gasteiger partial charge in [-0.25, -0.2) is 0 Å². The minimum atomic E-state index is -0.421. The molecule has 0 saturated carbocycles. The fourth-order valence-corrected chi connectivity index (χ4v) is 2.52. The summed E-state index contributed by atoms with van der Waals surface area (Å²) in [4.78, 5) is 13.6. The van der Waals surface area contributed by atoms with Gasteiger partial charge >= 0.3 is 0 Å². The van der Waals surface area contributed by atoms with E-state index < -0.39 is 5.91 Å². The second kappa shape index (κ2) is 6.61. The number of amides is 1. The molecule has 1 aromatic carbocycles. The number of likely N-dealkylation sites (tertiary alicyclic amines) is 1.